The quantitative estimate of drug-likeness (QED) is 0.718. The number of carbonyl (C=O) groups is 2. The lowest BCUT2D eigenvalue weighted by molar-refractivity contribution is -0.153. The number of esters is 1. The van der Waals surface area contributed by atoms with E-state index >= 15 is 0 Å². The lowest BCUT2D eigenvalue weighted by atomic mass is 9.82. The van der Waals surface area contributed by atoms with Crippen molar-refractivity contribution in [2.24, 2.45) is 11.3 Å². The molecule has 1 N–H and O–H groups in total. The van der Waals surface area contributed by atoms with Gasteiger partial charge >= 0.3 is 5.97 Å². The van der Waals surface area contributed by atoms with Crippen molar-refractivity contribution >= 4 is 11.9 Å². The van der Waals surface area contributed by atoms with Gasteiger partial charge in [0, 0.05) is 13.1 Å². The minimum absolute atomic E-state index is 0.0621. The van der Waals surface area contributed by atoms with E-state index in [2.05, 4.69) is 19.2 Å². The van der Waals surface area contributed by atoms with Gasteiger partial charge in [0.05, 0.1) is 12.0 Å². The number of nitrogens with zero attached hydrogens (tertiary/aromatic N) is 1. The molecule has 20 heavy (non-hydrogen) atoms. The van der Waals surface area contributed by atoms with Crippen LogP contribution in [0.3, 0.4) is 0 Å². The highest BCUT2D eigenvalue weighted by Gasteiger charge is 2.42. The van der Waals surface area contributed by atoms with Gasteiger partial charge in [-0.3, -0.25) is 9.59 Å². The van der Waals surface area contributed by atoms with Gasteiger partial charge in [0.2, 0.25) is 5.91 Å². The van der Waals surface area contributed by atoms with E-state index in [1.807, 2.05) is 6.92 Å². The summed E-state index contributed by atoms with van der Waals surface area (Å²) in [6.45, 7) is 10.5. The molecule has 0 aliphatic carbocycles. The molecular formula is C15H28N2O3. The van der Waals surface area contributed by atoms with E-state index in [4.69, 9.17) is 4.74 Å². The number of rotatable bonds is 7. The molecule has 0 saturated carbocycles. The van der Waals surface area contributed by atoms with Crippen LogP contribution < -0.4 is 5.32 Å². The van der Waals surface area contributed by atoms with E-state index in [0.29, 0.717) is 25.6 Å². The van der Waals surface area contributed by atoms with Crippen molar-refractivity contribution in [1.82, 2.24) is 10.2 Å². The molecule has 116 valence electrons. The van der Waals surface area contributed by atoms with Crippen molar-refractivity contribution in [3.63, 3.8) is 0 Å². The van der Waals surface area contributed by atoms with Crippen LogP contribution in [0.2, 0.25) is 0 Å². The molecule has 0 spiro atoms. The second-order valence-corrected chi connectivity index (χ2v) is 5.95. The fraction of sp³-hybridized carbons (Fsp3) is 0.867. The van der Waals surface area contributed by atoms with Crippen LogP contribution in [-0.2, 0) is 14.3 Å². The van der Waals surface area contributed by atoms with Gasteiger partial charge in [0.25, 0.3) is 0 Å². The first-order valence-corrected chi connectivity index (χ1v) is 7.61. The van der Waals surface area contributed by atoms with Crippen molar-refractivity contribution < 1.29 is 14.3 Å². The number of nitrogens with one attached hydrogen (secondary N) is 1. The first-order chi connectivity index (χ1) is 9.45. The molecule has 1 fully saturated rings. The molecule has 1 aliphatic rings. The van der Waals surface area contributed by atoms with Gasteiger partial charge in [-0.2, -0.15) is 0 Å². The maximum atomic E-state index is 12.9. The van der Waals surface area contributed by atoms with E-state index < -0.39 is 0 Å². The van der Waals surface area contributed by atoms with Crippen molar-refractivity contribution in [2.75, 3.05) is 32.8 Å². The average molecular weight is 284 g/mol. The highest BCUT2D eigenvalue weighted by atomic mass is 16.5. The summed E-state index contributed by atoms with van der Waals surface area (Å²) in [6.07, 6.45) is 1.65. The van der Waals surface area contributed by atoms with E-state index in [9.17, 15) is 9.59 Å². The van der Waals surface area contributed by atoms with E-state index in [0.717, 1.165) is 19.4 Å². The lowest BCUT2D eigenvalue weighted by Crippen LogP contribution is -2.48. The number of carbonyl (C=O) groups excluding carboxylic acids is 2. The second-order valence-electron chi connectivity index (χ2n) is 5.95. The van der Waals surface area contributed by atoms with Crippen molar-refractivity contribution in [1.29, 1.82) is 0 Å². The van der Waals surface area contributed by atoms with Crippen LogP contribution in [0.5, 0.6) is 0 Å². The molecule has 1 heterocycles. The van der Waals surface area contributed by atoms with Crippen LogP contribution in [-0.4, -0.2) is 49.6 Å². The Balaban J connectivity index is 2.80. The topological polar surface area (TPSA) is 58.6 Å². The maximum absolute atomic E-state index is 12.9. The zero-order valence-electron chi connectivity index (χ0n) is 13.2. The fourth-order valence-corrected chi connectivity index (χ4v) is 2.74. The van der Waals surface area contributed by atoms with E-state index in [1.165, 1.54) is 0 Å². The molecule has 1 rings (SSSR count). The summed E-state index contributed by atoms with van der Waals surface area (Å²) in [4.78, 5) is 26.2. The Bertz CT molecular complexity index is 336. The molecule has 1 saturated heterocycles. The normalized spacial score (nSPS) is 22.1. The predicted molar refractivity (Wildman–Crippen MR) is 78.3 cm³/mol. The SMILES string of the molecule is CCOC(=O)CN(CC(C)C)C(=O)C1(CC)CCNC1. The number of amides is 1. The van der Waals surface area contributed by atoms with Gasteiger partial charge in [-0.05, 0) is 32.2 Å². The minimum atomic E-state index is -0.346. The van der Waals surface area contributed by atoms with Crippen LogP contribution in [0.1, 0.15) is 40.5 Å². The lowest BCUT2D eigenvalue weighted by Gasteiger charge is -2.33. The Labute approximate surface area is 122 Å². The summed E-state index contributed by atoms with van der Waals surface area (Å²) in [5.74, 6) is 0.0992. The second kappa shape index (κ2) is 7.62. The predicted octanol–water partition coefficient (Wildman–Crippen LogP) is 1.42. The molecular weight excluding hydrogens is 256 g/mol. The molecule has 1 unspecified atom stereocenters. The van der Waals surface area contributed by atoms with E-state index in [1.54, 1.807) is 11.8 Å². The molecule has 0 aromatic rings. The third-order valence-electron chi connectivity index (χ3n) is 3.87. The zero-order chi connectivity index (χ0) is 15.2. The fourth-order valence-electron chi connectivity index (χ4n) is 2.74. The van der Waals surface area contributed by atoms with Gasteiger partial charge in [-0.15, -0.1) is 0 Å². The molecule has 1 atom stereocenters. The number of hydrogen-bond donors (Lipinski definition) is 1. The van der Waals surface area contributed by atoms with Crippen LogP contribution in [0.4, 0.5) is 0 Å². The van der Waals surface area contributed by atoms with Crippen LogP contribution in [0.25, 0.3) is 0 Å². The van der Waals surface area contributed by atoms with Gasteiger partial charge in [-0.1, -0.05) is 20.8 Å². The third-order valence-corrected chi connectivity index (χ3v) is 3.87. The van der Waals surface area contributed by atoms with Crippen molar-refractivity contribution in [2.45, 2.75) is 40.5 Å². The highest BCUT2D eigenvalue weighted by Crippen LogP contribution is 2.32. The Morgan fingerprint density at radius 3 is 2.50 bits per heavy atom. The van der Waals surface area contributed by atoms with Gasteiger partial charge < -0.3 is 15.0 Å². The summed E-state index contributed by atoms with van der Waals surface area (Å²) in [6, 6.07) is 0. The average Bonchev–Trinajstić information content (AvgIpc) is 2.86. The third kappa shape index (κ3) is 4.20. The summed E-state index contributed by atoms with van der Waals surface area (Å²) in [7, 11) is 0. The maximum Gasteiger partial charge on any atom is 0.325 e. The molecule has 5 heteroatoms. The number of ether oxygens (including phenoxy) is 1. The summed E-state index contributed by atoms with van der Waals surface area (Å²) in [5.41, 5.74) is -0.346. The molecule has 5 nitrogen and oxygen atoms in total. The summed E-state index contributed by atoms with van der Waals surface area (Å²) in [5, 5.41) is 3.27. The summed E-state index contributed by atoms with van der Waals surface area (Å²) >= 11 is 0. The molecule has 0 aromatic heterocycles. The molecule has 1 aliphatic heterocycles. The standard InChI is InChI=1S/C15H28N2O3/c1-5-15(7-8-16-11-15)14(19)17(9-12(3)4)10-13(18)20-6-2/h12,16H,5-11H2,1-4H3. The number of hydrogen-bond acceptors (Lipinski definition) is 4. The largest absolute Gasteiger partial charge is 0.465 e. The highest BCUT2D eigenvalue weighted by molar-refractivity contribution is 5.87. The van der Waals surface area contributed by atoms with Crippen LogP contribution in [0.15, 0.2) is 0 Å². The summed E-state index contributed by atoms with van der Waals surface area (Å²) < 4.78 is 4.98. The monoisotopic (exact) mass is 284 g/mol. The smallest absolute Gasteiger partial charge is 0.325 e. The van der Waals surface area contributed by atoms with Crippen LogP contribution in [0, 0.1) is 11.3 Å². The molecule has 0 bridgehead atoms. The zero-order valence-corrected chi connectivity index (χ0v) is 13.2. The first-order valence-electron chi connectivity index (χ1n) is 7.61. The van der Waals surface area contributed by atoms with Gasteiger partial charge in [0.1, 0.15) is 6.54 Å². The molecule has 1 amide bonds. The van der Waals surface area contributed by atoms with E-state index in [-0.39, 0.29) is 23.8 Å². The van der Waals surface area contributed by atoms with Crippen LogP contribution >= 0.6 is 0 Å². The first kappa shape index (κ1) is 17.0. The Morgan fingerprint density at radius 1 is 1.35 bits per heavy atom. The minimum Gasteiger partial charge on any atom is -0.465 e. The molecule has 0 aromatic carbocycles. The van der Waals surface area contributed by atoms with Gasteiger partial charge in [0.15, 0.2) is 0 Å². The Kier molecular flexibility index (Phi) is 6.46. The van der Waals surface area contributed by atoms with Crippen molar-refractivity contribution in [3.8, 4) is 0 Å². The van der Waals surface area contributed by atoms with Gasteiger partial charge in [-0.25, -0.2) is 0 Å². The van der Waals surface area contributed by atoms with Crippen molar-refractivity contribution in [3.05, 3.63) is 0 Å². The Hall–Kier alpha value is -1.10. The Morgan fingerprint density at radius 2 is 2.05 bits per heavy atom. The molecule has 0 radical (unpaired) electrons.